The van der Waals surface area contributed by atoms with E-state index < -0.39 is 0 Å². The van der Waals surface area contributed by atoms with E-state index in [1.165, 1.54) is 5.56 Å². The van der Waals surface area contributed by atoms with Gasteiger partial charge in [-0.1, -0.05) is 46.9 Å². The van der Waals surface area contributed by atoms with Crippen LogP contribution >= 0.6 is 34.8 Å². The number of nitrogens with one attached hydrogen (secondary N) is 1. The summed E-state index contributed by atoms with van der Waals surface area (Å²) in [5, 5.41) is 4.61. The minimum absolute atomic E-state index is 0.0857. The number of anilines is 1. The first kappa shape index (κ1) is 19.5. The van der Waals surface area contributed by atoms with Crippen LogP contribution in [0.3, 0.4) is 0 Å². The SMILES string of the molecule is O=C(CN1CCN(Cc2cccc(Cl)c2)CC1)Nc1cc(Cl)ccc1Cl. The second kappa shape index (κ2) is 9.07. The molecule has 2 aromatic carbocycles. The molecule has 2 aromatic rings. The van der Waals surface area contributed by atoms with Gasteiger partial charge >= 0.3 is 0 Å². The molecule has 138 valence electrons. The number of nitrogens with zero attached hydrogens (tertiary/aromatic N) is 2. The molecule has 0 unspecified atom stereocenters. The molecule has 0 bridgehead atoms. The largest absolute Gasteiger partial charge is 0.324 e. The van der Waals surface area contributed by atoms with Gasteiger partial charge in [-0.2, -0.15) is 0 Å². The van der Waals surface area contributed by atoms with Gasteiger partial charge in [-0.3, -0.25) is 14.6 Å². The average molecular weight is 413 g/mol. The molecule has 1 N–H and O–H groups in total. The second-order valence-corrected chi connectivity index (χ2v) is 7.63. The predicted octanol–water partition coefficient (Wildman–Crippen LogP) is 4.40. The highest BCUT2D eigenvalue weighted by Gasteiger charge is 2.19. The van der Waals surface area contributed by atoms with E-state index in [4.69, 9.17) is 34.8 Å². The standard InChI is InChI=1S/C19H20Cl3N3O/c20-15-3-1-2-14(10-15)12-24-6-8-25(9-7-24)13-19(26)23-18-11-16(21)4-5-17(18)22/h1-5,10-11H,6-9,12-13H2,(H,23,26). The quantitative estimate of drug-likeness (QED) is 0.790. The molecular formula is C19H20Cl3N3O. The summed E-state index contributed by atoms with van der Waals surface area (Å²) in [6.07, 6.45) is 0. The number of piperazine rings is 1. The average Bonchev–Trinajstić information content (AvgIpc) is 2.60. The summed E-state index contributed by atoms with van der Waals surface area (Å²) >= 11 is 18.1. The lowest BCUT2D eigenvalue weighted by Crippen LogP contribution is -2.48. The van der Waals surface area contributed by atoms with E-state index >= 15 is 0 Å². The summed E-state index contributed by atoms with van der Waals surface area (Å²) < 4.78 is 0. The summed E-state index contributed by atoms with van der Waals surface area (Å²) in [5.41, 5.74) is 1.75. The summed E-state index contributed by atoms with van der Waals surface area (Å²) in [5.74, 6) is -0.0857. The van der Waals surface area contributed by atoms with Gasteiger partial charge in [-0.15, -0.1) is 0 Å². The lowest BCUT2D eigenvalue weighted by atomic mass is 10.2. The number of rotatable bonds is 5. The molecule has 1 aliphatic heterocycles. The third-order valence-electron chi connectivity index (χ3n) is 4.33. The molecule has 0 spiro atoms. The van der Waals surface area contributed by atoms with Gasteiger partial charge in [-0.25, -0.2) is 0 Å². The van der Waals surface area contributed by atoms with Crippen molar-refractivity contribution >= 4 is 46.4 Å². The third-order valence-corrected chi connectivity index (χ3v) is 5.13. The first-order valence-electron chi connectivity index (χ1n) is 8.43. The summed E-state index contributed by atoms with van der Waals surface area (Å²) in [4.78, 5) is 16.8. The Hall–Kier alpha value is -1.30. The maximum Gasteiger partial charge on any atom is 0.238 e. The summed E-state index contributed by atoms with van der Waals surface area (Å²) in [6, 6.07) is 13.0. The molecule has 1 saturated heterocycles. The number of hydrogen-bond acceptors (Lipinski definition) is 3. The van der Waals surface area contributed by atoms with E-state index in [-0.39, 0.29) is 5.91 Å². The highest BCUT2D eigenvalue weighted by molar-refractivity contribution is 6.35. The van der Waals surface area contributed by atoms with Crippen LogP contribution < -0.4 is 5.32 Å². The monoisotopic (exact) mass is 411 g/mol. The van der Waals surface area contributed by atoms with Gasteiger partial charge in [0.05, 0.1) is 17.3 Å². The minimum atomic E-state index is -0.0857. The van der Waals surface area contributed by atoms with Crippen LogP contribution in [0.4, 0.5) is 5.69 Å². The molecule has 26 heavy (non-hydrogen) atoms. The molecule has 3 rings (SSSR count). The maximum atomic E-state index is 12.3. The maximum absolute atomic E-state index is 12.3. The fraction of sp³-hybridized carbons (Fsp3) is 0.316. The molecular weight excluding hydrogens is 393 g/mol. The number of halogens is 3. The Labute approximate surface area is 168 Å². The molecule has 0 aliphatic carbocycles. The van der Waals surface area contributed by atoms with Crippen LogP contribution in [0.5, 0.6) is 0 Å². The number of carbonyl (C=O) groups excluding carboxylic acids is 1. The van der Waals surface area contributed by atoms with Crippen molar-refractivity contribution in [3.63, 3.8) is 0 Å². The third kappa shape index (κ3) is 5.60. The Bertz CT molecular complexity index is 776. The van der Waals surface area contributed by atoms with Crippen LogP contribution in [0.25, 0.3) is 0 Å². The molecule has 0 atom stereocenters. The second-order valence-electron chi connectivity index (χ2n) is 6.35. The number of carbonyl (C=O) groups is 1. The zero-order chi connectivity index (χ0) is 18.5. The van der Waals surface area contributed by atoms with Crippen LogP contribution in [0.1, 0.15) is 5.56 Å². The van der Waals surface area contributed by atoms with Gasteiger partial charge in [0.25, 0.3) is 0 Å². The molecule has 0 saturated carbocycles. The first-order valence-corrected chi connectivity index (χ1v) is 9.57. The Morgan fingerprint density at radius 2 is 1.62 bits per heavy atom. The van der Waals surface area contributed by atoms with E-state index in [0.29, 0.717) is 22.3 Å². The lowest BCUT2D eigenvalue weighted by Gasteiger charge is -2.34. The van der Waals surface area contributed by atoms with Gasteiger partial charge < -0.3 is 5.32 Å². The van der Waals surface area contributed by atoms with Crippen LogP contribution in [-0.2, 0) is 11.3 Å². The van der Waals surface area contributed by atoms with Crippen molar-refractivity contribution in [2.75, 3.05) is 38.0 Å². The fourth-order valence-corrected chi connectivity index (χ4v) is 3.53. The van der Waals surface area contributed by atoms with Crippen LogP contribution in [-0.4, -0.2) is 48.4 Å². The van der Waals surface area contributed by atoms with Gasteiger partial charge in [0.15, 0.2) is 0 Å². The van der Waals surface area contributed by atoms with E-state index in [9.17, 15) is 4.79 Å². The molecule has 0 aromatic heterocycles. The van der Waals surface area contributed by atoms with E-state index in [1.54, 1.807) is 18.2 Å². The highest BCUT2D eigenvalue weighted by atomic mass is 35.5. The Morgan fingerprint density at radius 1 is 0.923 bits per heavy atom. The van der Waals surface area contributed by atoms with Gasteiger partial charge in [0.1, 0.15) is 0 Å². The Morgan fingerprint density at radius 3 is 2.35 bits per heavy atom. The molecule has 1 aliphatic rings. The summed E-state index contributed by atoms with van der Waals surface area (Å²) in [6.45, 7) is 4.73. The number of amides is 1. The van der Waals surface area contributed by atoms with Crippen LogP contribution in [0.15, 0.2) is 42.5 Å². The van der Waals surface area contributed by atoms with E-state index in [0.717, 1.165) is 37.7 Å². The molecule has 7 heteroatoms. The van der Waals surface area contributed by atoms with Gasteiger partial charge in [0, 0.05) is 42.8 Å². The molecule has 0 radical (unpaired) electrons. The van der Waals surface area contributed by atoms with Crippen molar-refractivity contribution in [1.82, 2.24) is 9.80 Å². The molecule has 1 fully saturated rings. The topological polar surface area (TPSA) is 35.6 Å². The van der Waals surface area contributed by atoms with Gasteiger partial charge in [0.2, 0.25) is 5.91 Å². The smallest absolute Gasteiger partial charge is 0.238 e. The fourth-order valence-electron chi connectivity index (χ4n) is 2.99. The normalized spacial score (nSPS) is 15.8. The molecule has 4 nitrogen and oxygen atoms in total. The van der Waals surface area contributed by atoms with Gasteiger partial charge in [-0.05, 0) is 35.9 Å². The van der Waals surface area contributed by atoms with Crippen molar-refractivity contribution in [2.45, 2.75) is 6.54 Å². The predicted molar refractivity (Wildman–Crippen MR) is 108 cm³/mol. The van der Waals surface area contributed by atoms with Crippen LogP contribution in [0, 0.1) is 0 Å². The van der Waals surface area contributed by atoms with E-state index in [2.05, 4.69) is 21.2 Å². The Kier molecular flexibility index (Phi) is 6.79. The lowest BCUT2D eigenvalue weighted by molar-refractivity contribution is -0.117. The van der Waals surface area contributed by atoms with E-state index in [1.807, 2.05) is 18.2 Å². The first-order chi connectivity index (χ1) is 12.5. The van der Waals surface area contributed by atoms with Crippen molar-refractivity contribution in [2.24, 2.45) is 0 Å². The zero-order valence-corrected chi connectivity index (χ0v) is 16.5. The van der Waals surface area contributed by atoms with Crippen molar-refractivity contribution in [3.8, 4) is 0 Å². The summed E-state index contributed by atoms with van der Waals surface area (Å²) in [7, 11) is 0. The van der Waals surface area contributed by atoms with Crippen molar-refractivity contribution < 1.29 is 4.79 Å². The van der Waals surface area contributed by atoms with Crippen molar-refractivity contribution in [3.05, 3.63) is 63.1 Å². The minimum Gasteiger partial charge on any atom is -0.324 e. The van der Waals surface area contributed by atoms with Crippen LogP contribution in [0.2, 0.25) is 15.1 Å². The zero-order valence-electron chi connectivity index (χ0n) is 14.2. The highest BCUT2D eigenvalue weighted by Crippen LogP contribution is 2.25. The molecule has 1 amide bonds. The Balaban J connectivity index is 1.46. The van der Waals surface area contributed by atoms with Crippen molar-refractivity contribution in [1.29, 1.82) is 0 Å². The number of hydrogen-bond donors (Lipinski definition) is 1. The molecule has 1 heterocycles. The number of benzene rings is 2.